The number of para-hydroxylation sites is 2. The molecule has 0 bridgehead atoms. The zero-order valence-electron chi connectivity index (χ0n) is 25.4. The van der Waals surface area contributed by atoms with E-state index in [0.717, 1.165) is 76.6 Å². The number of furan rings is 1. The normalized spacial score (nSPS) is 18.3. The standard InChI is InChI=1S/C42H31N3O/c1-3-13-28(14-4-1)35-27-36(44-42(43-35)30-15-5-2-6-16-30)29-23-25-31(26-24-29)45-37-20-10-7-17-32(37)40-34-19-9-12-22-39(34)46-41(40)33-18-8-11-21-38(33)45/h2-3,5,7,9-15,17,19-27,33,38H,6,8,16,18H2. The van der Waals surface area contributed by atoms with Crippen LogP contribution in [0.2, 0.25) is 0 Å². The number of hydrogen-bond donors (Lipinski definition) is 0. The van der Waals surface area contributed by atoms with Gasteiger partial charge >= 0.3 is 0 Å². The monoisotopic (exact) mass is 593 g/mol. The van der Waals surface area contributed by atoms with E-state index >= 15 is 0 Å². The summed E-state index contributed by atoms with van der Waals surface area (Å²) in [4.78, 5) is 12.6. The fraction of sp³-hybridized carbons (Fsp3) is 0.143. The Hall–Kier alpha value is -5.66. The SMILES string of the molecule is c1ccc(-c2cc(-c3ccc(N4c5ccccc5-c5c(oc6ccccc56)C5CCC=CC54)cc3)nc(C3=CC=CCC3)n2)cc#1. The minimum absolute atomic E-state index is 0.136. The first-order valence-corrected chi connectivity index (χ1v) is 16.1. The summed E-state index contributed by atoms with van der Waals surface area (Å²) in [7, 11) is 0. The molecule has 4 aromatic carbocycles. The molecule has 0 radical (unpaired) electrons. The minimum atomic E-state index is 0.136. The highest BCUT2D eigenvalue weighted by Crippen LogP contribution is 2.52. The molecular formula is C42H31N3O. The first-order valence-electron chi connectivity index (χ1n) is 16.1. The second kappa shape index (κ2) is 11.1. The molecule has 2 unspecified atom stereocenters. The molecule has 0 fully saturated rings. The Kier molecular flexibility index (Phi) is 6.42. The number of nitrogens with zero attached hydrogens (tertiary/aromatic N) is 3. The molecule has 2 aromatic heterocycles. The molecule has 0 amide bonds. The van der Waals surface area contributed by atoms with Crippen molar-refractivity contribution >= 4 is 27.9 Å². The predicted octanol–water partition coefficient (Wildman–Crippen LogP) is 10.5. The van der Waals surface area contributed by atoms with Crippen LogP contribution in [0.1, 0.15) is 43.2 Å². The van der Waals surface area contributed by atoms with Crippen molar-refractivity contribution in [1.82, 2.24) is 9.97 Å². The predicted molar refractivity (Wildman–Crippen MR) is 186 cm³/mol. The fourth-order valence-corrected chi connectivity index (χ4v) is 7.31. The summed E-state index contributed by atoms with van der Waals surface area (Å²) in [6, 6.07) is 40.3. The number of aromatic nitrogens is 2. The molecule has 4 nitrogen and oxygen atoms in total. The van der Waals surface area contributed by atoms with Gasteiger partial charge in [0.2, 0.25) is 0 Å². The van der Waals surface area contributed by atoms with Gasteiger partial charge < -0.3 is 9.32 Å². The average Bonchev–Trinajstić information content (AvgIpc) is 3.47. The van der Waals surface area contributed by atoms with Crippen molar-refractivity contribution < 1.29 is 4.42 Å². The van der Waals surface area contributed by atoms with Gasteiger partial charge in [-0.15, -0.1) is 0 Å². The summed E-state index contributed by atoms with van der Waals surface area (Å²) in [6.07, 6.45) is 15.2. The Balaban J connectivity index is 1.17. The van der Waals surface area contributed by atoms with Gasteiger partial charge in [-0.25, -0.2) is 9.97 Å². The smallest absolute Gasteiger partial charge is 0.156 e. The Morgan fingerprint density at radius 3 is 2.50 bits per heavy atom. The summed E-state index contributed by atoms with van der Waals surface area (Å²) in [5, 5.41) is 1.18. The van der Waals surface area contributed by atoms with Crippen molar-refractivity contribution in [1.29, 1.82) is 0 Å². The van der Waals surface area contributed by atoms with Gasteiger partial charge in [0.15, 0.2) is 5.82 Å². The number of anilines is 2. The van der Waals surface area contributed by atoms with Crippen LogP contribution in [-0.2, 0) is 0 Å². The van der Waals surface area contributed by atoms with Gasteiger partial charge in [0, 0.05) is 44.9 Å². The number of allylic oxidation sites excluding steroid dienone is 5. The van der Waals surface area contributed by atoms with Crippen LogP contribution in [0.5, 0.6) is 0 Å². The zero-order chi connectivity index (χ0) is 30.5. The molecule has 46 heavy (non-hydrogen) atoms. The molecule has 3 aliphatic rings. The molecule has 0 spiro atoms. The maximum Gasteiger partial charge on any atom is 0.156 e. The van der Waals surface area contributed by atoms with Gasteiger partial charge in [0.25, 0.3) is 0 Å². The maximum atomic E-state index is 6.68. The molecule has 2 aliphatic carbocycles. The first kappa shape index (κ1) is 26.7. The summed E-state index contributed by atoms with van der Waals surface area (Å²) in [6.45, 7) is 0. The summed E-state index contributed by atoms with van der Waals surface area (Å²) in [5.74, 6) is 2.13. The van der Waals surface area contributed by atoms with Crippen LogP contribution in [0.3, 0.4) is 0 Å². The van der Waals surface area contributed by atoms with E-state index < -0.39 is 0 Å². The van der Waals surface area contributed by atoms with E-state index in [0.29, 0.717) is 0 Å². The largest absolute Gasteiger partial charge is 0.460 e. The lowest BCUT2D eigenvalue weighted by Gasteiger charge is -2.37. The molecule has 3 heterocycles. The topological polar surface area (TPSA) is 42.2 Å². The Morgan fingerprint density at radius 1 is 0.804 bits per heavy atom. The third-order valence-corrected chi connectivity index (χ3v) is 9.50. The number of rotatable bonds is 4. The van der Waals surface area contributed by atoms with E-state index in [1.165, 1.54) is 22.2 Å². The van der Waals surface area contributed by atoms with Crippen molar-refractivity contribution in [2.75, 3.05) is 4.90 Å². The van der Waals surface area contributed by atoms with Crippen molar-refractivity contribution in [2.45, 2.75) is 37.6 Å². The van der Waals surface area contributed by atoms with Gasteiger partial charge in [0.1, 0.15) is 11.3 Å². The lowest BCUT2D eigenvalue weighted by Crippen LogP contribution is -2.35. The number of benzene rings is 3. The van der Waals surface area contributed by atoms with Gasteiger partial charge in [0.05, 0.1) is 17.4 Å². The van der Waals surface area contributed by atoms with Crippen LogP contribution in [0.15, 0.2) is 132 Å². The molecule has 9 rings (SSSR count). The van der Waals surface area contributed by atoms with Crippen LogP contribution in [0, 0.1) is 12.1 Å². The second-order valence-electron chi connectivity index (χ2n) is 12.2. The van der Waals surface area contributed by atoms with Gasteiger partial charge in [-0.1, -0.05) is 91.0 Å². The summed E-state index contributed by atoms with van der Waals surface area (Å²) in [5.41, 5.74) is 10.8. The molecule has 2 atom stereocenters. The average molecular weight is 594 g/mol. The highest BCUT2D eigenvalue weighted by atomic mass is 16.3. The van der Waals surface area contributed by atoms with Crippen molar-refractivity contribution in [3.63, 3.8) is 0 Å². The van der Waals surface area contributed by atoms with Crippen LogP contribution in [0.4, 0.5) is 11.4 Å². The van der Waals surface area contributed by atoms with E-state index in [9.17, 15) is 0 Å². The fourth-order valence-electron chi connectivity index (χ4n) is 7.31. The highest BCUT2D eigenvalue weighted by molar-refractivity contribution is 6.01. The second-order valence-corrected chi connectivity index (χ2v) is 12.2. The summed E-state index contributed by atoms with van der Waals surface area (Å²) < 4.78 is 6.68. The van der Waals surface area contributed by atoms with Gasteiger partial charge in [-0.3, -0.25) is 0 Å². The Labute approximate surface area is 269 Å². The highest BCUT2D eigenvalue weighted by Gasteiger charge is 2.39. The third kappa shape index (κ3) is 4.47. The van der Waals surface area contributed by atoms with Crippen molar-refractivity contribution in [3.05, 3.63) is 151 Å². The lowest BCUT2D eigenvalue weighted by molar-refractivity contribution is 0.438. The minimum Gasteiger partial charge on any atom is -0.460 e. The number of fused-ring (bicyclic) bond motifs is 7. The molecule has 0 N–H and O–H groups in total. The molecule has 6 aromatic rings. The summed E-state index contributed by atoms with van der Waals surface area (Å²) >= 11 is 0. The van der Waals surface area contributed by atoms with E-state index in [4.69, 9.17) is 14.4 Å². The first-order chi connectivity index (χ1) is 22.8. The quantitative estimate of drug-likeness (QED) is 0.191. The lowest BCUT2D eigenvalue weighted by atomic mass is 9.85. The zero-order valence-corrected chi connectivity index (χ0v) is 25.4. The molecule has 0 saturated carbocycles. The van der Waals surface area contributed by atoms with Crippen LogP contribution in [0.25, 0.3) is 50.2 Å². The van der Waals surface area contributed by atoms with E-state index in [1.54, 1.807) is 0 Å². The van der Waals surface area contributed by atoms with Crippen LogP contribution in [-0.4, -0.2) is 16.0 Å². The molecule has 4 heteroatoms. The number of hydrogen-bond acceptors (Lipinski definition) is 4. The molecular weight excluding hydrogens is 562 g/mol. The van der Waals surface area contributed by atoms with Gasteiger partial charge in [-0.05, 0) is 79.8 Å². The third-order valence-electron chi connectivity index (χ3n) is 9.50. The maximum absolute atomic E-state index is 6.68. The van der Waals surface area contributed by atoms with Gasteiger partial charge in [-0.2, -0.15) is 0 Å². The molecule has 220 valence electrons. The van der Waals surface area contributed by atoms with E-state index in [1.807, 2.05) is 18.2 Å². The van der Waals surface area contributed by atoms with Crippen molar-refractivity contribution in [3.8, 4) is 33.6 Å². The van der Waals surface area contributed by atoms with E-state index in [2.05, 4.69) is 126 Å². The molecule has 0 saturated heterocycles. The Bertz CT molecular complexity index is 2170. The van der Waals surface area contributed by atoms with Crippen molar-refractivity contribution in [2.24, 2.45) is 0 Å². The van der Waals surface area contributed by atoms with Crippen LogP contribution < -0.4 is 4.90 Å². The van der Waals surface area contributed by atoms with Crippen LogP contribution >= 0.6 is 0 Å². The molecule has 1 aliphatic heterocycles. The van der Waals surface area contributed by atoms with E-state index in [-0.39, 0.29) is 12.0 Å². The Morgan fingerprint density at radius 2 is 1.65 bits per heavy atom.